The van der Waals surface area contributed by atoms with Crippen LogP contribution in [0.15, 0.2) is 36.9 Å². The van der Waals surface area contributed by atoms with Crippen molar-refractivity contribution in [3.63, 3.8) is 0 Å². The first-order valence-corrected chi connectivity index (χ1v) is 14.0. The molecule has 1 aliphatic rings. The summed E-state index contributed by atoms with van der Waals surface area (Å²) in [6.45, 7) is 7.63. The summed E-state index contributed by atoms with van der Waals surface area (Å²) in [6, 6.07) is 4.21. The van der Waals surface area contributed by atoms with Crippen molar-refractivity contribution >= 4 is 29.4 Å². The molecular weight excluding hydrogens is 532 g/mol. The lowest BCUT2D eigenvalue weighted by Gasteiger charge is -2.28. The molecule has 1 aromatic carbocycles. The summed E-state index contributed by atoms with van der Waals surface area (Å²) in [4.78, 5) is 65.1. The van der Waals surface area contributed by atoms with E-state index in [1.807, 2.05) is 6.92 Å². The number of Topliss-reactive ketones (excluding diaryl/α,β-unsaturated/α-hetero) is 1. The Morgan fingerprint density at radius 3 is 2.61 bits per heavy atom. The number of nitrogens with zero attached hydrogens (tertiary/aromatic N) is 1. The van der Waals surface area contributed by atoms with E-state index in [1.165, 1.54) is 11.0 Å². The van der Waals surface area contributed by atoms with E-state index in [0.717, 1.165) is 0 Å². The van der Waals surface area contributed by atoms with Crippen LogP contribution >= 0.6 is 0 Å². The number of hydrogen-bond donors (Lipinski definition) is 5. The van der Waals surface area contributed by atoms with E-state index in [4.69, 9.17) is 14.9 Å². The van der Waals surface area contributed by atoms with Gasteiger partial charge in [0.2, 0.25) is 23.5 Å². The second-order valence-corrected chi connectivity index (χ2v) is 9.99. The van der Waals surface area contributed by atoms with Gasteiger partial charge in [-0.2, -0.15) is 0 Å². The molecule has 1 saturated heterocycles. The summed E-state index contributed by atoms with van der Waals surface area (Å²) in [5.74, 6) is -2.33. The summed E-state index contributed by atoms with van der Waals surface area (Å²) in [5, 5.41) is 25.6. The number of carbonyl (C=O) groups excluding carboxylic acids is 5. The molecule has 226 valence electrons. The zero-order chi connectivity index (χ0) is 30.4. The van der Waals surface area contributed by atoms with E-state index in [1.54, 1.807) is 31.2 Å². The maximum atomic E-state index is 13.2. The Bertz CT molecular complexity index is 1080. The standard InChI is InChI=1S/C29H42N4O8/c1-4-9-22(26(37)28(39)30-14-5-2)32-27(38)23-12-7-15-33(23)29(40)19(3)31-24(34)18-20-10-6-11-21(17-20)41-16-8-13-25(35)36/h5-6,10-11,17,19,22-23,25,35-36H,2,4,7-9,12-16,18H2,1,3H3,(H,30,39)(H,31,34)(H,32,38)/t19-,22?,23?/m0/s1. The van der Waals surface area contributed by atoms with Crippen molar-refractivity contribution in [2.45, 2.75) is 83.2 Å². The molecule has 0 spiro atoms. The Morgan fingerprint density at radius 2 is 1.93 bits per heavy atom. The monoisotopic (exact) mass is 574 g/mol. The maximum Gasteiger partial charge on any atom is 0.289 e. The van der Waals surface area contributed by atoms with Crippen LogP contribution in [0.1, 0.15) is 57.9 Å². The number of aliphatic hydroxyl groups excluding tert-OH is 1. The van der Waals surface area contributed by atoms with Crippen molar-refractivity contribution in [2.24, 2.45) is 0 Å². The molecule has 1 fully saturated rings. The van der Waals surface area contributed by atoms with Gasteiger partial charge in [-0.1, -0.05) is 31.6 Å². The number of nitrogens with one attached hydrogen (secondary N) is 3. The summed E-state index contributed by atoms with van der Waals surface area (Å²) in [6.07, 6.45) is 2.54. The third-order valence-electron chi connectivity index (χ3n) is 6.57. The van der Waals surface area contributed by atoms with E-state index in [0.29, 0.717) is 50.1 Å². The lowest BCUT2D eigenvalue weighted by molar-refractivity contribution is -0.143. The zero-order valence-electron chi connectivity index (χ0n) is 23.8. The Labute approximate surface area is 240 Å². The van der Waals surface area contributed by atoms with E-state index in [9.17, 15) is 24.0 Å². The minimum Gasteiger partial charge on any atom is -0.494 e. The van der Waals surface area contributed by atoms with Crippen LogP contribution in [0.25, 0.3) is 0 Å². The Morgan fingerprint density at radius 1 is 1.17 bits per heavy atom. The van der Waals surface area contributed by atoms with Gasteiger partial charge in [0.05, 0.1) is 19.1 Å². The van der Waals surface area contributed by atoms with Gasteiger partial charge in [0.15, 0.2) is 6.29 Å². The predicted octanol–water partition coefficient (Wildman–Crippen LogP) is 0.351. The maximum absolute atomic E-state index is 13.2. The van der Waals surface area contributed by atoms with E-state index < -0.39 is 47.9 Å². The topological polar surface area (TPSA) is 174 Å². The van der Waals surface area contributed by atoms with Gasteiger partial charge < -0.3 is 35.8 Å². The van der Waals surface area contributed by atoms with Gasteiger partial charge in [-0.15, -0.1) is 6.58 Å². The van der Waals surface area contributed by atoms with Gasteiger partial charge in [0.1, 0.15) is 17.8 Å². The SMILES string of the molecule is C=CCNC(=O)C(=O)C(CCC)NC(=O)C1CCCN1C(=O)[C@H](C)NC(=O)Cc1cccc(OCCCC(O)O)c1. The van der Waals surface area contributed by atoms with Gasteiger partial charge in [-0.25, -0.2) is 0 Å². The first-order valence-electron chi connectivity index (χ1n) is 14.0. The highest BCUT2D eigenvalue weighted by Crippen LogP contribution is 2.20. The van der Waals surface area contributed by atoms with Crippen molar-refractivity contribution < 1.29 is 38.9 Å². The molecular formula is C29H42N4O8. The quantitative estimate of drug-likeness (QED) is 0.0767. The molecule has 2 rings (SSSR count). The second kappa shape index (κ2) is 17.1. The molecule has 0 aliphatic carbocycles. The smallest absolute Gasteiger partial charge is 0.289 e. The normalized spacial score (nSPS) is 16.0. The number of ketones is 1. The van der Waals surface area contributed by atoms with Gasteiger partial charge in [-0.05, 0) is 50.3 Å². The molecule has 2 unspecified atom stereocenters. The van der Waals surface area contributed by atoms with Gasteiger partial charge in [0.25, 0.3) is 5.91 Å². The van der Waals surface area contributed by atoms with Crippen molar-refractivity contribution in [3.8, 4) is 5.75 Å². The minimum absolute atomic E-state index is 0.00279. The van der Waals surface area contributed by atoms with E-state index >= 15 is 0 Å². The van der Waals surface area contributed by atoms with Crippen molar-refractivity contribution in [1.82, 2.24) is 20.9 Å². The van der Waals surface area contributed by atoms with Gasteiger partial charge >= 0.3 is 0 Å². The molecule has 3 atom stereocenters. The van der Waals surface area contributed by atoms with Crippen LogP contribution in [-0.4, -0.2) is 88.6 Å². The first-order chi connectivity index (χ1) is 19.6. The molecule has 0 aromatic heterocycles. The van der Waals surface area contributed by atoms with Gasteiger partial charge in [0, 0.05) is 19.5 Å². The molecule has 0 radical (unpaired) electrons. The van der Waals surface area contributed by atoms with Crippen LogP contribution < -0.4 is 20.7 Å². The highest BCUT2D eigenvalue weighted by atomic mass is 16.5. The van der Waals surface area contributed by atoms with Crippen LogP contribution in [0.5, 0.6) is 5.75 Å². The van der Waals surface area contributed by atoms with Crippen LogP contribution in [0.3, 0.4) is 0 Å². The summed E-state index contributed by atoms with van der Waals surface area (Å²) in [5.41, 5.74) is 0.670. The van der Waals surface area contributed by atoms with Crippen LogP contribution in [0, 0.1) is 0 Å². The number of likely N-dealkylation sites (tertiary alicyclic amines) is 1. The third kappa shape index (κ3) is 11.0. The molecule has 4 amide bonds. The number of amides is 4. The molecule has 1 aliphatic heterocycles. The minimum atomic E-state index is -1.38. The molecule has 12 nitrogen and oxygen atoms in total. The van der Waals surface area contributed by atoms with Crippen LogP contribution in [-0.2, 0) is 30.4 Å². The van der Waals surface area contributed by atoms with E-state index in [2.05, 4.69) is 22.5 Å². The number of benzene rings is 1. The lowest BCUT2D eigenvalue weighted by Crippen LogP contribution is -2.55. The molecule has 0 bridgehead atoms. The Kier molecular flexibility index (Phi) is 14.0. The summed E-state index contributed by atoms with van der Waals surface area (Å²) < 4.78 is 5.59. The number of aliphatic hydroxyl groups is 2. The predicted molar refractivity (Wildman–Crippen MR) is 150 cm³/mol. The Balaban J connectivity index is 1.94. The van der Waals surface area contributed by atoms with E-state index in [-0.39, 0.29) is 31.7 Å². The summed E-state index contributed by atoms with van der Waals surface area (Å²) in [7, 11) is 0. The third-order valence-corrected chi connectivity index (χ3v) is 6.57. The highest BCUT2D eigenvalue weighted by Gasteiger charge is 2.38. The van der Waals surface area contributed by atoms with Crippen molar-refractivity contribution in [2.75, 3.05) is 19.7 Å². The fourth-order valence-electron chi connectivity index (χ4n) is 4.53. The fraction of sp³-hybridized carbons (Fsp3) is 0.552. The number of hydrogen-bond acceptors (Lipinski definition) is 8. The lowest BCUT2D eigenvalue weighted by atomic mass is 10.1. The molecule has 41 heavy (non-hydrogen) atoms. The number of carbonyl (C=O) groups is 5. The summed E-state index contributed by atoms with van der Waals surface area (Å²) >= 11 is 0. The van der Waals surface area contributed by atoms with Crippen LogP contribution in [0.4, 0.5) is 0 Å². The fourth-order valence-corrected chi connectivity index (χ4v) is 4.53. The van der Waals surface area contributed by atoms with Crippen molar-refractivity contribution in [1.29, 1.82) is 0 Å². The zero-order valence-corrected chi connectivity index (χ0v) is 23.8. The van der Waals surface area contributed by atoms with Crippen LogP contribution in [0.2, 0.25) is 0 Å². The number of ether oxygens (including phenoxy) is 1. The first kappa shape index (κ1) is 33.4. The molecule has 5 N–H and O–H groups in total. The molecule has 0 saturated carbocycles. The van der Waals surface area contributed by atoms with Crippen molar-refractivity contribution in [3.05, 3.63) is 42.5 Å². The average molecular weight is 575 g/mol. The second-order valence-electron chi connectivity index (χ2n) is 9.99. The Hall–Kier alpha value is -3.77. The highest BCUT2D eigenvalue weighted by molar-refractivity contribution is 6.38. The largest absolute Gasteiger partial charge is 0.494 e. The molecule has 1 heterocycles. The number of rotatable bonds is 17. The molecule has 1 aromatic rings. The molecule has 12 heteroatoms. The average Bonchev–Trinajstić information content (AvgIpc) is 3.43. The van der Waals surface area contributed by atoms with Gasteiger partial charge in [-0.3, -0.25) is 24.0 Å².